The number of nitrogens with zero attached hydrogens (tertiary/aromatic N) is 8. The first-order valence-corrected chi connectivity index (χ1v) is 46.5. The maximum Gasteiger partial charge on any atom is 0.340 e. The minimum absolute atomic E-state index is 0.0454. The molecule has 10 heterocycles. The molecule has 0 saturated carbocycles. The summed E-state index contributed by atoms with van der Waals surface area (Å²) in [5, 5.41) is 59.5. The van der Waals surface area contributed by atoms with E-state index in [1.165, 1.54) is 106 Å². The number of esters is 3. The molecule has 7 aliphatic heterocycles. The second kappa shape index (κ2) is 44.2. The summed E-state index contributed by atoms with van der Waals surface area (Å²) in [4.78, 5) is 203. The highest BCUT2D eigenvalue weighted by molar-refractivity contribution is 14.1. The standard InChI is InChI=1S/C26H20FIN2O6.C26H23FN2O7.C26H21FN2O7.C12H11FINO5.C12H11NO5/c1-3-25(35-22(33)19-12-8-5-9-13-19)17(2)26(27,16-28)36-23(25)29-15-14-20(31)30(24(29)34)21(32)18-10-6-4-7-11-18;2*1-3-25(35-22(33)19-12-8-5-9-13-19)17(2)26(27,16-30)36-23(25)28-15-14-20(31)29(24(28)34)21(32)18-10-6-4-7-11-18;1-2-11(19)9(18)12(13,6-14)20-10(11)15-4-3-7(16)5-8(15)17;1-3-12(17)10(16)7(2)18-11(12)13-5-4-8(14)6-9(13)15/h1,4-15,17,23H,16H2,2H3;3-15,17,23,30H,1,16H2,2H3;1,4-15,17,23,30H,16H2,2H3;1,3-4,9-10,18-19H,5-6H2;1,4-5,10-11,16-17H,2,6H2/t3*17-,23+,25+,26+;9-,10+,11+,12+;10-,11-,12-/m00001/s1. The smallest absolute Gasteiger partial charge is 0.340 e. The number of allylic oxidation sites excluding steroid dienone is 2. The number of hydrogen-bond donors (Lipinski definition) is 6. The molecule has 0 unspecified atom stereocenters. The number of halogens is 6. The second-order valence-electron chi connectivity index (χ2n) is 33.2. The summed E-state index contributed by atoms with van der Waals surface area (Å²) in [5.41, 5.74) is -16.5. The van der Waals surface area contributed by atoms with Gasteiger partial charge in [-0.25, -0.2) is 46.3 Å². The zero-order valence-corrected chi connectivity index (χ0v) is 81.1. The van der Waals surface area contributed by atoms with Crippen LogP contribution in [0.4, 0.5) is 17.6 Å². The van der Waals surface area contributed by atoms with Crippen molar-refractivity contribution in [3.63, 3.8) is 0 Å². The molecule has 44 heteroatoms. The van der Waals surface area contributed by atoms with Crippen LogP contribution in [0.3, 0.4) is 0 Å². The Hall–Kier alpha value is -15.2. The number of ketones is 2. The highest BCUT2D eigenvalue weighted by Gasteiger charge is 2.70. The molecule has 0 radical (unpaired) electrons. The summed E-state index contributed by atoms with van der Waals surface area (Å²) in [7, 11) is 0. The third-order valence-electron chi connectivity index (χ3n) is 24.7. The van der Waals surface area contributed by atoms with Crippen LogP contribution >= 0.6 is 45.2 Å². The highest BCUT2D eigenvalue weighted by Crippen LogP contribution is 2.55. The van der Waals surface area contributed by atoms with Crippen molar-refractivity contribution in [2.45, 2.75) is 128 Å². The minimum atomic E-state index is -2.82. The molecular formula is C102H86F4I2N8O30. The predicted molar refractivity (Wildman–Crippen MR) is 520 cm³/mol. The van der Waals surface area contributed by atoms with E-state index in [-0.39, 0.29) is 60.2 Å². The number of carbonyl (C=O) groups excluding carboxylic acids is 10. The lowest BCUT2D eigenvalue weighted by Crippen LogP contribution is -2.55. The number of amides is 2. The van der Waals surface area contributed by atoms with E-state index < -0.39 is 219 Å². The minimum Gasteiger partial charge on any atom is -0.468 e. The summed E-state index contributed by atoms with van der Waals surface area (Å²) < 4.78 is 108. The van der Waals surface area contributed by atoms with Crippen LogP contribution in [0.2, 0.25) is 0 Å². The van der Waals surface area contributed by atoms with Crippen LogP contribution in [0, 0.1) is 67.1 Å². The van der Waals surface area contributed by atoms with E-state index in [1.54, 1.807) is 154 Å². The molecule has 0 spiro atoms. The van der Waals surface area contributed by atoms with E-state index in [9.17, 15) is 112 Å². The van der Waals surface area contributed by atoms with Crippen molar-refractivity contribution in [3.8, 4) is 49.4 Å². The molecule has 19 atom stereocenters. The van der Waals surface area contributed by atoms with Crippen molar-refractivity contribution in [2.75, 3.05) is 22.1 Å². The lowest BCUT2D eigenvalue weighted by molar-refractivity contribution is -0.194. The van der Waals surface area contributed by atoms with Gasteiger partial charge in [0.25, 0.3) is 34.4 Å². The van der Waals surface area contributed by atoms with Crippen LogP contribution in [0.5, 0.6) is 0 Å². The van der Waals surface area contributed by atoms with E-state index in [0.717, 1.165) is 74.1 Å². The lowest BCUT2D eigenvalue weighted by Gasteiger charge is -2.34. The molecule has 7 aliphatic rings. The largest absolute Gasteiger partial charge is 0.468 e. The number of carbonyl (C=O) groups is 10. The first-order chi connectivity index (χ1) is 69.2. The first kappa shape index (κ1) is 110. The Morgan fingerprint density at radius 2 is 0.726 bits per heavy atom. The van der Waals surface area contributed by atoms with Crippen LogP contribution in [0.15, 0.2) is 297 Å². The van der Waals surface area contributed by atoms with Crippen LogP contribution in [0.25, 0.3) is 0 Å². The fourth-order valence-electron chi connectivity index (χ4n) is 16.2. The van der Waals surface area contributed by atoms with Gasteiger partial charge in [-0.15, -0.1) is 25.7 Å². The first-order valence-electron chi connectivity index (χ1n) is 43.5. The van der Waals surface area contributed by atoms with Crippen LogP contribution in [-0.2, 0) is 57.1 Å². The van der Waals surface area contributed by atoms with Crippen LogP contribution in [0.1, 0.15) is 114 Å². The number of ether oxygens (including phenoxy) is 8. The molecule has 5 fully saturated rings. The Morgan fingerprint density at radius 3 is 1.05 bits per heavy atom. The average Bonchev–Trinajstić information content (AvgIpc) is 1.57. The molecule has 3 aromatic heterocycles. The summed E-state index contributed by atoms with van der Waals surface area (Å²) in [5.74, 6) is -13.6. The zero-order chi connectivity index (χ0) is 107. The van der Waals surface area contributed by atoms with E-state index in [2.05, 4.69) is 25.0 Å². The highest BCUT2D eigenvalue weighted by atomic mass is 127. The van der Waals surface area contributed by atoms with E-state index in [4.69, 9.17) is 63.6 Å². The van der Waals surface area contributed by atoms with Crippen molar-refractivity contribution in [1.29, 1.82) is 0 Å². The maximum atomic E-state index is 15.9. The van der Waals surface area contributed by atoms with Crippen molar-refractivity contribution in [2.24, 2.45) is 17.8 Å². The molecule has 16 rings (SSSR count). The third kappa shape index (κ3) is 20.6. The molecule has 38 nitrogen and oxygen atoms in total. The zero-order valence-electron chi connectivity index (χ0n) is 76.7. The second-order valence-corrected chi connectivity index (χ2v) is 34.8. The Kier molecular flexibility index (Phi) is 33.2. The molecule has 0 bridgehead atoms. The van der Waals surface area contributed by atoms with Crippen LogP contribution in [-0.4, -0.2) is 225 Å². The number of hydrogen-bond acceptors (Lipinski definition) is 30. The van der Waals surface area contributed by atoms with Crippen molar-refractivity contribution >= 4 is 104 Å². The normalized spacial score (nSPS) is 28.7. The number of rotatable bonds is 19. The quantitative estimate of drug-likeness (QED) is 0.00835. The number of alkyl halides is 6. The third-order valence-corrected chi connectivity index (χ3v) is 26.8. The molecule has 756 valence electrons. The van der Waals surface area contributed by atoms with Crippen molar-refractivity contribution in [1.82, 2.24) is 37.2 Å². The number of benzene rings is 6. The molecule has 0 aliphatic carbocycles. The van der Waals surface area contributed by atoms with Crippen molar-refractivity contribution < 1.29 is 134 Å². The monoisotopic (exact) mass is 2230 g/mol. The molecule has 9 aromatic rings. The summed E-state index contributed by atoms with van der Waals surface area (Å²) in [6, 6.07) is 49.2. The molecule has 5 saturated heterocycles. The summed E-state index contributed by atoms with van der Waals surface area (Å²) in [6.45, 7) is 8.78. The van der Waals surface area contributed by atoms with E-state index in [1.807, 2.05) is 11.8 Å². The fraction of sp³-hybridized carbons (Fsp3) is 0.275. The van der Waals surface area contributed by atoms with Gasteiger partial charge >= 0.3 is 35.0 Å². The van der Waals surface area contributed by atoms with E-state index >= 15 is 13.2 Å². The SMILES string of the molecule is C#C[C@@]1(O)[C@H](O)C(=C)O[C@H]1N1C=CC(=O)CC1=O.C#C[C@]1(O)[C@H](N2C=CC(=O)CC2=O)O[C@](F)(CI)[C@H]1O.C#C[C@]1(OC(=O)c2ccccc2)[C@H](n2ccc(=O)n(C(=O)c3ccccc3)c2=O)O[C@](F)(CI)[C@H]1C.C#C[C@]1(OC(=O)c2ccccc2)[C@H](n2ccc(=O)n(C(=O)c3ccccc3)c2=O)O[C@](F)(CO)[C@H]1C.C=C[C@]1(OC(=O)c2ccccc2)[C@H](n2ccc(=O)n(C(=O)c3ccccc3)c2=O)O[C@](F)(CO)[C@H]1C. The molecule has 2 amide bonds. The Morgan fingerprint density at radius 1 is 0.425 bits per heavy atom. The van der Waals surface area contributed by atoms with Gasteiger partial charge in [0.1, 0.15) is 19.0 Å². The van der Waals surface area contributed by atoms with Crippen molar-refractivity contribution in [3.05, 3.63) is 364 Å². The van der Waals surface area contributed by atoms with Gasteiger partial charge in [-0.2, -0.15) is 13.7 Å². The molecule has 6 aromatic carbocycles. The Bertz CT molecular complexity index is 7050. The van der Waals surface area contributed by atoms with Gasteiger partial charge in [-0.05, 0) is 91.0 Å². The number of aliphatic hydroxyl groups is 6. The predicted octanol–water partition coefficient (Wildman–Crippen LogP) is 5.63. The van der Waals surface area contributed by atoms with Gasteiger partial charge in [-0.1, -0.05) is 212 Å². The topological polar surface area (TPSA) is 504 Å². The van der Waals surface area contributed by atoms with Gasteiger partial charge in [0.15, 0.2) is 54.3 Å². The number of aromatic nitrogens is 6. The maximum absolute atomic E-state index is 15.9. The molecule has 146 heavy (non-hydrogen) atoms. The van der Waals surface area contributed by atoms with Gasteiger partial charge < -0.3 is 68.5 Å². The number of aliphatic hydroxyl groups excluding tert-OH is 4. The lowest BCUT2D eigenvalue weighted by atomic mass is 9.84. The summed E-state index contributed by atoms with van der Waals surface area (Å²) >= 11 is 3.39. The van der Waals surface area contributed by atoms with Gasteiger partial charge in [-0.3, -0.25) is 71.4 Å². The molecular weight excluding hydrogens is 2150 g/mol. The number of terminal acetylenes is 4. The average molecular weight is 2230 g/mol. The summed E-state index contributed by atoms with van der Waals surface area (Å²) in [6.07, 6.45) is 18.2. The Balaban J connectivity index is 0.000000167. The van der Waals surface area contributed by atoms with Gasteiger partial charge in [0, 0.05) is 65.9 Å². The van der Waals surface area contributed by atoms with Crippen LogP contribution < -0.4 is 33.7 Å². The van der Waals surface area contributed by atoms with Gasteiger partial charge in [0.2, 0.25) is 63.9 Å². The van der Waals surface area contributed by atoms with E-state index in [0.29, 0.717) is 18.3 Å². The molecule has 6 N–H and O–H groups in total. The Labute approximate surface area is 851 Å². The fourth-order valence-corrected chi connectivity index (χ4v) is 17.7. The van der Waals surface area contributed by atoms with Gasteiger partial charge in [0.05, 0.1) is 56.1 Å².